The zero-order valence-electron chi connectivity index (χ0n) is 11.5. The molecule has 3 rings (SSSR count). The van der Waals surface area contributed by atoms with Gasteiger partial charge in [0.1, 0.15) is 0 Å². The van der Waals surface area contributed by atoms with Crippen LogP contribution in [0.4, 0.5) is 0 Å². The molecule has 0 aromatic carbocycles. The van der Waals surface area contributed by atoms with Gasteiger partial charge in [0.05, 0.1) is 6.04 Å². The summed E-state index contributed by atoms with van der Waals surface area (Å²) in [6.45, 7) is 2.41. The SMILES string of the molecule is CN1CCC(N=C2NC3(CCCCC3)CS2)CC1. The molecule has 2 saturated heterocycles. The van der Waals surface area contributed by atoms with E-state index in [2.05, 4.69) is 17.3 Å². The van der Waals surface area contributed by atoms with Gasteiger partial charge in [-0.15, -0.1) is 0 Å². The van der Waals surface area contributed by atoms with E-state index in [-0.39, 0.29) is 0 Å². The normalized spacial score (nSPS) is 31.9. The molecule has 1 saturated carbocycles. The molecule has 1 aliphatic carbocycles. The molecule has 0 atom stereocenters. The predicted octanol–water partition coefficient (Wildman–Crippen LogP) is 2.48. The van der Waals surface area contributed by atoms with E-state index in [1.54, 1.807) is 0 Å². The molecule has 3 nitrogen and oxygen atoms in total. The topological polar surface area (TPSA) is 27.6 Å². The number of thioether (sulfide) groups is 1. The Labute approximate surface area is 115 Å². The molecule has 3 fully saturated rings. The highest BCUT2D eigenvalue weighted by Gasteiger charge is 2.38. The first kappa shape index (κ1) is 12.8. The van der Waals surface area contributed by atoms with E-state index in [0.29, 0.717) is 11.6 Å². The summed E-state index contributed by atoms with van der Waals surface area (Å²) in [4.78, 5) is 7.37. The third-order valence-corrected chi connectivity index (χ3v) is 5.83. The summed E-state index contributed by atoms with van der Waals surface area (Å²) in [5, 5.41) is 5.01. The molecule has 2 aliphatic heterocycles. The minimum absolute atomic E-state index is 0.410. The fourth-order valence-electron chi connectivity index (χ4n) is 3.36. The summed E-state index contributed by atoms with van der Waals surface area (Å²) < 4.78 is 0. The number of piperidine rings is 1. The van der Waals surface area contributed by atoms with Crippen molar-refractivity contribution < 1.29 is 0 Å². The summed E-state index contributed by atoms with van der Waals surface area (Å²) in [5.41, 5.74) is 0.410. The number of nitrogens with one attached hydrogen (secondary N) is 1. The van der Waals surface area contributed by atoms with Gasteiger partial charge < -0.3 is 10.2 Å². The molecule has 0 unspecified atom stereocenters. The summed E-state index contributed by atoms with van der Waals surface area (Å²) in [7, 11) is 2.21. The van der Waals surface area contributed by atoms with Gasteiger partial charge in [0.25, 0.3) is 0 Å². The van der Waals surface area contributed by atoms with Crippen molar-refractivity contribution in [2.45, 2.75) is 56.5 Å². The molecule has 102 valence electrons. The molecule has 0 amide bonds. The highest BCUT2D eigenvalue weighted by atomic mass is 32.2. The number of aliphatic imine (C=N–C) groups is 1. The van der Waals surface area contributed by atoms with Gasteiger partial charge in [-0.05, 0) is 45.8 Å². The fraction of sp³-hybridized carbons (Fsp3) is 0.929. The van der Waals surface area contributed by atoms with E-state index in [0.717, 1.165) is 0 Å². The maximum Gasteiger partial charge on any atom is 0.157 e. The molecule has 0 aromatic heterocycles. The lowest BCUT2D eigenvalue weighted by atomic mass is 9.83. The Balaban J connectivity index is 1.57. The number of hydrogen-bond acceptors (Lipinski definition) is 3. The summed E-state index contributed by atoms with van der Waals surface area (Å²) in [5.74, 6) is 1.25. The zero-order chi connectivity index (χ0) is 12.4. The van der Waals surface area contributed by atoms with Crippen LogP contribution in [0.25, 0.3) is 0 Å². The molecule has 3 aliphatic rings. The van der Waals surface area contributed by atoms with Crippen LogP contribution in [-0.2, 0) is 0 Å². The maximum atomic E-state index is 4.96. The second-order valence-electron chi connectivity index (χ2n) is 6.22. The van der Waals surface area contributed by atoms with Gasteiger partial charge in [-0.2, -0.15) is 0 Å². The summed E-state index contributed by atoms with van der Waals surface area (Å²) in [6.07, 6.45) is 9.39. The van der Waals surface area contributed by atoms with Crippen molar-refractivity contribution >= 4 is 16.9 Å². The van der Waals surface area contributed by atoms with Crippen LogP contribution in [0.15, 0.2) is 4.99 Å². The Morgan fingerprint density at radius 1 is 1.22 bits per heavy atom. The van der Waals surface area contributed by atoms with Crippen LogP contribution in [0, 0.1) is 0 Å². The molecule has 0 bridgehead atoms. The van der Waals surface area contributed by atoms with E-state index >= 15 is 0 Å². The van der Waals surface area contributed by atoms with E-state index in [1.807, 2.05) is 11.8 Å². The van der Waals surface area contributed by atoms with Crippen molar-refractivity contribution in [3.05, 3.63) is 0 Å². The number of hydrogen-bond donors (Lipinski definition) is 1. The summed E-state index contributed by atoms with van der Waals surface area (Å²) >= 11 is 1.97. The number of likely N-dealkylation sites (tertiary alicyclic amines) is 1. The number of rotatable bonds is 1. The third kappa shape index (κ3) is 2.85. The lowest BCUT2D eigenvalue weighted by Crippen LogP contribution is -2.45. The number of amidine groups is 1. The zero-order valence-corrected chi connectivity index (χ0v) is 12.3. The molecule has 4 heteroatoms. The Kier molecular flexibility index (Phi) is 3.85. The van der Waals surface area contributed by atoms with E-state index in [1.165, 1.54) is 69.0 Å². The Bertz CT molecular complexity index is 315. The third-order valence-electron chi connectivity index (χ3n) is 4.66. The first-order chi connectivity index (χ1) is 8.76. The van der Waals surface area contributed by atoms with Gasteiger partial charge >= 0.3 is 0 Å². The predicted molar refractivity (Wildman–Crippen MR) is 79.4 cm³/mol. The maximum absolute atomic E-state index is 4.96. The Morgan fingerprint density at radius 3 is 2.67 bits per heavy atom. The monoisotopic (exact) mass is 267 g/mol. The van der Waals surface area contributed by atoms with Crippen molar-refractivity contribution in [1.29, 1.82) is 0 Å². The first-order valence-corrected chi connectivity index (χ1v) is 8.42. The molecule has 0 radical (unpaired) electrons. The van der Waals surface area contributed by atoms with Gasteiger partial charge in [-0.3, -0.25) is 4.99 Å². The smallest absolute Gasteiger partial charge is 0.157 e. The second kappa shape index (κ2) is 5.41. The highest BCUT2D eigenvalue weighted by Crippen LogP contribution is 2.36. The van der Waals surface area contributed by atoms with Crippen molar-refractivity contribution in [3.8, 4) is 0 Å². The molecule has 2 heterocycles. The van der Waals surface area contributed by atoms with Crippen molar-refractivity contribution in [2.75, 3.05) is 25.9 Å². The van der Waals surface area contributed by atoms with E-state index in [4.69, 9.17) is 4.99 Å². The van der Waals surface area contributed by atoms with Gasteiger partial charge in [-0.1, -0.05) is 31.0 Å². The highest BCUT2D eigenvalue weighted by molar-refractivity contribution is 8.14. The molecular formula is C14H25N3S. The number of nitrogens with zero attached hydrogens (tertiary/aromatic N) is 2. The van der Waals surface area contributed by atoms with Crippen molar-refractivity contribution in [3.63, 3.8) is 0 Å². The minimum Gasteiger partial charge on any atom is -0.359 e. The van der Waals surface area contributed by atoms with Crippen LogP contribution >= 0.6 is 11.8 Å². The van der Waals surface area contributed by atoms with Crippen molar-refractivity contribution in [2.24, 2.45) is 4.99 Å². The molecule has 0 aromatic rings. The lowest BCUT2D eigenvalue weighted by Gasteiger charge is -2.33. The fourth-order valence-corrected chi connectivity index (χ4v) is 4.65. The average Bonchev–Trinajstić information content (AvgIpc) is 2.76. The lowest BCUT2D eigenvalue weighted by molar-refractivity contribution is 0.256. The van der Waals surface area contributed by atoms with Crippen LogP contribution in [0.3, 0.4) is 0 Å². The molecular weight excluding hydrogens is 242 g/mol. The van der Waals surface area contributed by atoms with Crippen LogP contribution in [0.5, 0.6) is 0 Å². The van der Waals surface area contributed by atoms with Crippen LogP contribution in [0.1, 0.15) is 44.9 Å². The quantitative estimate of drug-likeness (QED) is 0.791. The van der Waals surface area contributed by atoms with Crippen LogP contribution in [-0.4, -0.2) is 47.5 Å². The van der Waals surface area contributed by atoms with Gasteiger partial charge in [0, 0.05) is 11.3 Å². The van der Waals surface area contributed by atoms with Gasteiger partial charge in [-0.25, -0.2) is 0 Å². The Hall–Kier alpha value is -0.220. The van der Waals surface area contributed by atoms with E-state index in [9.17, 15) is 0 Å². The standard InChI is InChI=1S/C14H25N3S/c1-17-9-5-12(6-10-17)15-13-16-14(11-18-13)7-3-2-4-8-14/h12H,2-11H2,1H3,(H,15,16). The van der Waals surface area contributed by atoms with E-state index < -0.39 is 0 Å². The average molecular weight is 267 g/mol. The van der Waals surface area contributed by atoms with Crippen LogP contribution in [0.2, 0.25) is 0 Å². The molecule has 18 heavy (non-hydrogen) atoms. The van der Waals surface area contributed by atoms with Gasteiger partial charge in [0.15, 0.2) is 5.17 Å². The molecule has 1 spiro atoms. The first-order valence-electron chi connectivity index (χ1n) is 7.43. The van der Waals surface area contributed by atoms with Crippen molar-refractivity contribution in [1.82, 2.24) is 10.2 Å². The second-order valence-corrected chi connectivity index (χ2v) is 7.19. The van der Waals surface area contributed by atoms with Crippen LogP contribution < -0.4 is 5.32 Å². The Morgan fingerprint density at radius 2 is 1.94 bits per heavy atom. The molecule has 1 N–H and O–H groups in total. The largest absolute Gasteiger partial charge is 0.359 e. The summed E-state index contributed by atoms with van der Waals surface area (Å²) in [6, 6.07) is 0.565. The minimum atomic E-state index is 0.410. The van der Waals surface area contributed by atoms with Gasteiger partial charge in [0.2, 0.25) is 0 Å².